The number of hydrogen-bond acceptors (Lipinski definition) is 5. The molecule has 0 amide bonds. The molecule has 0 atom stereocenters. The van der Waals surface area contributed by atoms with Crippen LogP contribution in [-0.4, -0.2) is 46.9 Å². The lowest BCUT2D eigenvalue weighted by Gasteiger charge is -2.09. The zero-order valence-electron chi connectivity index (χ0n) is 21.5. The Balaban J connectivity index is -0.000000464. The minimum Gasteiger partial charge on any atom is -0.493 e. The highest BCUT2D eigenvalue weighted by atomic mass is 19.1. The number of nitrogens with one attached hydrogen (secondary N) is 1. The molecule has 0 spiro atoms. The second-order valence-corrected chi connectivity index (χ2v) is 6.68. The monoisotopic (exact) mass is 445 g/mol. The summed E-state index contributed by atoms with van der Waals surface area (Å²) in [6.07, 6.45) is 4.35. The van der Waals surface area contributed by atoms with Crippen molar-refractivity contribution in [1.29, 1.82) is 5.41 Å². The van der Waals surface area contributed by atoms with Gasteiger partial charge in [-0.2, -0.15) is 0 Å². The average Bonchev–Trinajstić information content (AvgIpc) is 3.61. The van der Waals surface area contributed by atoms with Gasteiger partial charge in [-0.05, 0) is 63.6 Å². The Labute approximate surface area is 191 Å². The van der Waals surface area contributed by atoms with Crippen LogP contribution in [0.4, 0.5) is 4.39 Å². The second-order valence-electron chi connectivity index (χ2n) is 6.68. The number of halogens is 1. The Morgan fingerprint density at radius 1 is 1.10 bits per heavy atom. The second kappa shape index (κ2) is 26.5. The molecular weight excluding hydrogens is 397 g/mol. The molecule has 0 aromatic heterocycles. The van der Waals surface area contributed by atoms with Crippen LogP contribution in [0.15, 0.2) is 18.2 Å². The van der Waals surface area contributed by atoms with E-state index < -0.39 is 0 Å². The summed E-state index contributed by atoms with van der Waals surface area (Å²) in [7, 11) is 4.93. The molecule has 0 radical (unpaired) electrons. The SMILES string of the molecule is CC.CCC(C)=N.CCCOCc1cc(OCC2CC2)ccc1F.CCOC.COC. The van der Waals surface area contributed by atoms with E-state index in [1.54, 1.807) is 40.4 Å². The fourth-order valence-corrected chi connectivity index (χ4v) is 1.58. The zero-order valence-corrected chi connectivity index (χ0v) is 21.5. The van der Waals surface area contributed by atoms with Gasteiger partial charge in [0, 0.05) is 45.8 Å². The van der Waals surface area contributed by atoms with Crippen molar-refractivity contribution in [2.75, 3.05) is 41.2 Å². The van der Waals surface area contributed by atoms with Crippen molar-refractivity contribution in [1.82, 2.24) is 0 Å². The van der Waals surface area contributed by atoms with Crippen LogP contribution in [0.5, 0.6) is 5.75 Å². The third-order valence-electron chi connectivity index (χ3n) is 3.62. The van der Waals surface area contributed by atoms with Crippen molar-refractivity contribution >= 4 is 5.71 Å². The van der Waals surface area contributed by atoms with Gasteiger partial charge in [-0.25, -0.2) is 4.39 Å². The van der Waals surface area contributed by atoms with Gasteiger partial charge in [-0.1, -0.05) is 27.7 Å². The first-order chi connectivity index (χ1) is 14.9. The molecule has 2 rings (SSSR count). The van der Waals surface area contributed by atoms with Gasteiger partial charge in [0.15, 0.2) is 0 Å². The van der Waals surface area contributed by atoms with Crippen molar-refractivity contribution < 1.29 is 23.3 Å². The molecule has 1 aromatic rings. The molecule has 0 bridgehead atoms. The van der Waals surface area contributed by atoms with E-state index in [1.807, 2.05) is 34.6 Å². The molecule has 5 nitrogen and oxygen atoms in total. The quantitative estimate of drug-likeness (QED) is 0.331. The van der Waals surface area contributed by atoms with E-state index in [1.165, 1.54) is 18.9 Å². The van der Waals surface area contributed by atoms with Gasteiger partial charge in [0.1, 0.15) is 11.6 Å². The minimum atomic E-state index is -0.222. The lowest BCUT2D eigenvalue weighted by molar-refractivity contribution is 0.119. The van der Waals surface area contributed by atoms with E-state index in [4.69, 9.17) is 14.9 Å². The predicted molar refractivity (Wildman–Crippen MR) is 130 cm³/mol. The maximum atomic E-state index is 13.5. The lowest BCUT2D eigenvalue weighted by Crippen LogP contribution is -2.01. The summed E-state index contributed by atoms with van der Waals surface area (Å²) in [6, 6.07) is 4.88. The summed E-state index contributed by atoms with van der Waals surface area (Å²) in [5.41, 5.74) is 1.33. The lowest BCUT2D eigenvalue weighted by atomic mass is 10.2. The van der Waals surface area contributed by atoms with Crippen LogP contribution < -0.4 is 4.74 Å². The summed E-state index contributed by atoms with van der Waals surface area (Å²) in [5, 5.41) is 6.74. The summed E-state index contributed by atoms with van der Waals surface area (Å²) >= 11 is 0. The third kappa shape index (κ3) is 26.5. The molecule has 1 aliphatic rings. The maximum absolute atomic E-state index is 13.5. The highest BCUT2D eigenvalue weighted by molar-refractivity contribution is 5.78. The first kappa shape index (κ1) is 34.1. The van der Waals surface area contributed by atoms with Gasteiger partial charge < -0.3 is 24.4 Å². The van der Waals surface area contributed by atoms with Crippen LogP contribution in [0.2, 0.25) is 0 Å². The van der Waals surface area contributed by atoms with Crippen molar-refractivity contribution in [2.24, 2.45) is 5.92 Å². The van der Waals surface area contributed by atoms with Gasteiger partial charge in [0.2, 0.25) is 0 Å². The molecule has 6 heteroatoms. The van der Waals surface area contributed by atoms with E-state index in [0.717, 1.165) is 37.5 Å². The van der Waals surface area contributed by atoms with E-state index in [9.17, 15) is 4.39 Å². The smallest absolute Gasteiger partial charge is 0.128 e. The number of rotatable bonds is 9. The average molecular weight is 446 g/mol. The largest absolute Gasteiger partial charge is 0.493 e. The van der Waals surface area contributed by atoms with Gasteiger partial charge in [0.25, 0.3) is 0 Å². The first-order valence-corrected chi connectivity index (χ1v) is 11.3. The molecule has 31 heavy (non-hydrogen) atoms. The Bertz CT molecular complexity index is 506. The van der Waals surface area contributed by atoms with E-state index in [-0.39, 0.29) is 5.82 Å². The molecule has 1 aromatic carbocycles. The number of hydrogen-bond donors (Lipinski definition) is 1. The van der Waals surface area contributed by atoms with Crippen molar-refractivity contribution in [3.63, 3.8) is 0 Å². The molecular formula is C25H48FNO4. The molecule has 0 aliphatic heterocycles. The molecule has 0 saturated heterocycles. The fraction of sp³-hybridized carbons (Fsp3) is 0.720. The molecule has 1 fully saturated rings. The Kier molecular flexibility index (Phi) is 29.2. The molecule has 1 saturated carbocycles. The zero-order chi connectivity index (χ0) is 24.5. The Morgan fingerprint density at radius 3 is 2.00 bits per heavy atom. The van der Waals surface area contributed by atoms with Gasteiger partial charge in [-0.15, -0.1) is 0 Å². The van der Waals surface area contributed by atoms with Crippen molar-refractivity contribution in [3.05, 3.63) is 29.6 Å². The summed E-state index contributed by atoms with van der Waals surface area (Å²) < 4.78 is 33.2. The normalized spacial score (nSPS) is 11.2. The van der Waals surface area contributed by atoms with E-state index >= 15 is 0 Å². The number of benzene rings is 1. The highest BCUT2D eigenvalue weighted by Gasteiger charge is 2.22. The summed E-state index contributed by atoms with van der Waals surface area (Å²) in [6.45, 7) is 14.3. The Morgan fingerprint density at radius 2 is 1.61 bits per heavy atom. The highest BCUT2D eigenvalue weighted by Crippen LogP contribution is 2.29. The summed E-state index contributed by atoms with van der Waals surface area (Å²) in [4.78, 5) is 0. The van der Waals surface area contributed by atoms with Crippen LogP contribution in [0.25, 0.3) is 0 Å². The van der Waals surface area contributed by atoms with E-state index in [2.05, 4.69) is 9.47 Å². The minimum absolute atomic E-state index is 0.222. The molecule has 0 heterocycles. The molecule has 184 valence electrons. The Hall–Kier alpha value is -1.50. The molecule has 1 aliphatic carbocycles. The standard InChI is InChI=1S/C14H19FO2.C4H9N.C3H8O.C2H6O.C2H6/c1-2-7-16-10-12-8-13(5-6-14(12)15)17-9-11-3-4-11;1-3-4(2)5;1-3-4-2;1-3-2;1-2/h5-6,8,11H,2-4,7,9-10H2,1H3;5H,3H2,1-2H3;3H2,1-2H3;1-2H3;1-2H3. The maximum Gasteiger partial charge on any atom is 0.128 e. The topological polar surface area (TPSA) is 60.8 Å². The van der Waals surface area contributed by atoms with Crippen molar-refractivity contribution in [3.8, 4) is 5.75 Å². The van der Waals surface area contributed by atoms with Gasteiger partial charge in [0.05, 0.1) is 13.2 Å². The summed E-state index contributed by atoms with van der Waals surface area (Å²) in [5.74, 6) is 1.23. The van der Waals surface area contributed by atoms with E-state index in [0.29, 0.717) is 24.7 Å². The number of ether oxygens (including phenoxy) is 4. The van der Waals surface area contributed by atoms with Crippen LogP contribution >= 0.6 is 0 Å². The van der Waals surface area contributed by atoms with Crippen LogP contribution in [-0.2, 0) is 20.8 Å². The van der Waals surface area contributed by atoms with Crippen LogP contribution in [0.3, 0.4) is 0 Å². The van der Waals surface area contributed by atoms with Crippen LogP contribution in [0.1, 0.15) is 72.8 Å². The fourth-order valence-electron chi connectivity index (χ4n) is 1.58. The van der Waals surface area contributed by atoms with Crippen LogP contribution in [0, 0.1) is 17.1 Å². The van der Waals surface area contributed by atoms with Gasteiger partial charge >= 0.3 is 0 Å². The van der Waals surface area contributed by atoms with Gasteiger partial charge in [-0.3, -0.25) is 0 Å². The number of methoxy groups -OCH3 is 2. The molecule has 0 unspecified atom stereocenters. The predicted octanol–water partition coefficient (Wildman–Crippen LogP) is 6.92. The third-order valence-corrected chi connectivity index (χ3v) is 3.62. The first-order valence-electron chi connectivity index (χ1n) is 11.3. The van der Waals surface area contributed by atoms with Crippen molar-refractivity contribution in [2.45, 2.75) is 73.8 Å². The molecule has 1 N–H and O–H groups in total.